The second-order valence-corrected chi connectivity index (χ2v) is 5.90. The van der Waals surface area contributed by atoms with Gasteiger partial charge in [0.2, 0.25) is 0 Å². The molecule has 2 N–H and O–H groups in total. The van der Waals surface area contributed by atoms with Crippen LogP contribution in [0.3, 0.4) is 0 Å². The summed E-state index contributed by atoms with van der Waals surface area (Å²) in [7, 11) is 1.70. The van der Waals surface area contributed by atoms with Crippen molar-refractivity contribution < 1.29 is 9.53 Å². The van der Waals surface area contributed by atoms with Gasteiger partial charge in [-0.05, 0) is 37.0 Å². The third-order valence-electron chi connectivity index (χ3n) is 3.38. The summed E-state index contributed by atoms with van der Waals surface area (Å²) in [5.41, 5.74) is 7.02. The Kier molecular flexibility index (Phi) is 4.82. The first-order valence-corrected chi connectivity index (χ1v) is 7.23. The number of hydrogen-bond donors (Lipinski definition) is 1. The number of ether oxygens (including phenoxy) is 1. The van der Waals surface area contributed by atoms with Gasteiger partial charge < -0.3 is 15.4 Å². The standard InChI is InChI=1S/C14H19BrN2O2/c1-19-9-10-3-2-4-17(8-10)14(18)11-5-12(15)7-13(16)6-11/h5-7,10H,2-4,8-9,16H2,1H3. The number of nitrogen functional groups attached to an aromatic ring is 1. The highest BCUT2D eigenvalue weighted by Gasteiger charge is 2.24. The molecule has 0 aromatic heterocycles. The van der Waals surface area contributed by atoms with Gasteiger partial charge in [0.05, 0.1) is 6.61 Å². The molecular weight excluding hydrogens is 308 g/mol. The number of methoxy groups -OCH3 is 1. The van der Waals surface area contributed by atoms with Gasteiger partial charge in [-0.15, -0.1) is 0 Å². The SMILES string of the molecule is COCC1CCCN(C(=O)c2cc(N)cc(Br)c2)C1. The summed E-state index contributed by atoms with van der Waals surface area (Å²) in [6.45, 7) is 2.29. The molecule has 0 radical (unpaired) electrons. The summed E-state index contributed by atoms with van der Waals surface area (Å²) in [6.07, 6.45) is 2.15. The number of carbonyl (C=O) groups is 1. The summed E-state index contributed by atoms with van der Waals surface area (Å²) in [4.78, 5) is 14.4. The van der Waals surface area contributed by atoms with Crippen LogP contribution in [0.2, 0.25) is 0 Å². The number of hydrogen-bond acceptors (Lipinski definition) is 3. The van der Waals surface area contributed by atoms with Crippen molar-refractivity contribution in [2.24, 2.45) is 5.92 Å². The number of rotatable bonds is 3. The highest BCUT2D eigenvalue weighted by Crippen LogP contribution is 2.22. The zero-order valence-corrected chi connectivity index (χ0v) is 12.6. The van der Waals surface area contributed by atoms with Crippen molar-refractivity contribution in [3.05, 3.63) is 28.2 Å². The summed E-state index contributed by atoms with van der Waals surface area (Å²) >= 11 is 3.37. The van der Waals surface area contributed by atoms with Gasteiger partial charge in [-0.25, -0.2) is 0 Å². The number of anilines is 1. The zero-order valence-electron chi connectivity index (χ0n) is 11.1. The molecule has 1 unspecified atom stereocenters. The number of carbonyl (C=O) groups excluding carboxylic acids is 1. The second-order valence-electron chi connectivity index (χ2n) is 4.99. The van der Waals surface area contributed by atoms with Crippen LogP contribution in [0.4, 0.5) is 5.69 Å². The quantitative estimate of drug-likeness (QED) is 0.868. The molecule has 19 heavy (non-hydrogen) atoms. The van der Waals surface area contributed by atoms with E-state index in [1.54, 1.807) is 19.2 Å². The van der Waals surface area contributed by atoms with Gasteiger partial charge in [0, 0.05) is 35.9 Å². The second kappa shape index (κ2) is 6.39. The van der Waals surface area contributed by atoms with Crippen molar-refractivity contribution in [2.75, 3.05) is 32.5 Å². The van der Waals surface area contributed by atoms with Crippen LogP contribution in [-0.4, -0.2) is 37.6 Å². The molecule has 0 aliphatic carbocycles. The molecule has 2 rings (SSSR count). The van der Waals surface area contributed by atoms with Gasteiger partial charge in [-0.2, -0.15) is 0 Å². The maximum Gasteiger partial charge on any atom is 0.253 e. The summed E-state index contributed by atoms with van der Waals surface area (Å²) in [5.74, 6) is 0.487. The van der Waals surface area contributed by atoms with Crippen LogP contribution >= 0.6 is 15.9 Å². The van der Waals surface area contributed by atoms with Gasteiger partial charge >= 0.3 is 0 Å². The van der Waals surface area contributed by atoms with Crippen LogP contribution in [0, 0.1) is 5.92 Å². The van der Waals surface area contributed by atoms with Crippen molar-refractivity contribution in [1.29, 1.82) is 0 Å². The first-order chi connectivity index (χ1) is 9.10. The number of likely N-dealkylation sites (tertiary alicyclic amines) is 1. The van der Waals surface area contributed by atoms with Crippen LogP contribution < -0.4 is 5.73 Å². The monoisotopic (exact) mass is 326 g/mol. The minimum atomic E-state index is 0.0498. The fourth-order valence-corrected chi connectivity index (χ4v) is 3.05. The van der Waals surface area contributed by atoms with E-state index in [4.69, 9.17) is 10.5 Å². The molecule has 4 nitrogen and oxygen atoms in total. The molecule has 104 valence electrons. The molecule has 1 amide bonds. The zero-order chi connectivity index (χ0) is 13.8. The molecule has 1 aromatic carbocycles. The Morgan fingerprint density at radius 2 is 2.32 bits per heavy atom. The lowest BCUT2D eigenvalue weighted by Gasteiger charge is -2.32. The average Bonchev–Trinajstić information content (AvgIpc) is 2.37. The van der Waals surface area contributed by atoms with Crippen LogP contribution in [0.25, 0.3) is 0 Å². The molecule has 1 aliphatic heterocycles. The van der Waals surface area contributed by atoms with Crippen LogP contribution in [0.15, 0.2) is 22.7 Å². The fraction of sp³-hybridized carbons (Fsp3) is 0.500. The van der Waals surface area contributed by atoms with E-state index in [1.807, 2.05) is 11.0 Å². The normalized spacial score (nSPS) is 19.5. The predicted molar refractivity (Wildman–Crippen MR) is 79.1 cm³/mol. The Bertz CT molecular complexity index is 443. The van der Waals surface area contributed by atoms with Gasteiger partial charge in [0.15, 0.2) is 0 Å². The molecule has 0 saturated carbocycles. The van der Waals surface area contributed by atoms with Crippen molar-refractivity contribution >= 4 is 27.5 Å². The van der Waals surface area contributed by atoms with Crippen molar-refractivity contribution in [1.82, 2.24) is 4.90 Å². The lowest BCUT2D eigenvalue weighted by Crippen LogP contribution is -2.41. The maximum absolute atomic E-state index is 12.5. The average molecular weight is 327 g/mol. The summed E-state index contributed by atoms with van der Waals surface area (Å²) < 4.78 is 6.02. The van der Waals surface area contributed by atoms with Crippen molar-refractivity contribution in [3.8, 4) is 0 Å². The molecule has 1 saturated heterocycles. The number of nitrogens with two attached hydrogens (primary N) is 1. The minimum Gasteiger partial charge on any atom is -0.399 e. The van der Waals surface area contributed by atoms with Gasteiger partial charge in [0.1, 0.15) is 0 Å². The highest BCUT2D eigenvalue weighted by atomic mass is 79.9. The molecule has 1 fully saturated rings. The lowest BCUT2D eigenvalue weighted by atomic mass is 9.98. The van der Waals surface area contributed by atoms with Gasteiger partial charge in [0.25, 0.3) is 5.91 Å². The minimum absolute atomic E-state index is 0.0498. The van der Waals surface area contributed by atoms with Crippen LogP contribution in [0.1, 0.15) is 23.2 Å². The van der Waals surface area contributed by atoms with Crippen LogP contribution in [-0.2, 0) is 4.74 Å². The van der Waals surface area contributed by atoms with E-state index in [0.717, 1.165) is 30.4 Å². The van der Waals surface area contributed by atoms with E-state index in [0.29, 0.717) is 23.8 Å². The Morgan fingerprint density at radius 1 is 1.53 bits per heavy atom. The molecule has 5 heteroatoms. The molecule has 0 spiro atoms. The number of piperidine rings is 1. The fourth-order valence-electron chi connectivity index (χ4n) is 2.54. The predicted octanol–water partition coefficient (Wildman–Crippen LogP) is 2.53. The first-order valence-electron chi connectivity index (χ1n) is 6.44. The Balaban J connectivity index is 2.10. The number of amides is 1. The van der Waals surface area contributed by atoms with Crippen molar-refractivity contribution in [3.63, 3.8) is 0 Å². The summed E-state index contributed by atoms with van der Waals surface area (Å²) in [6, 6.07) is 5.34. The molecule has 1 aromatic rings. The smallest absolute Gasteiger partial charge is 0.253 e. The Labute approximate surface area is 122 Å². The Hall–Kier alpha value is -1.07. The largest absolute Gasteiger partial charge is 0.399 e. The third-order valence-corrected chi connectivity index (χ3v) is 3.83. The van der Waals surface area contributed by atoms with E-state index < -0.39 is 0 Å². The Morgan fingerprint density at radius 3 is 3.00 bits per heavy atom. The number of nitrogens with zero attached hydrogens (tertiary/aromatic N) is 1. The number of benzene rings is 1. The third kappa shape index (κ3) is 3.70. The molecule has 1 heterocycles. The van der Waals surface area contributed by atoms with Gasteiger partial charge in [-0.1, -0.05) is 15.9 Å². The van der Waals surface area contributed by atoms with Gasteiger partial charge in [-0.3, -0.25) is 4.79 Å². The molecule has 1 aliphatic rings. The van der Waals surface area contributed by atoms with E-state index in [9.17, 15) is 4.79 Å². The van der Waals surface area contributed by atoms with E-state index in [-0.39, 0.29) is 5.91 Å². The highest BCUT2D eigenvalue weighted by molar-refractivity contribution is 9.10. The molecule has 0 bridgehead atoms. The van der Waals surface area contributed by atoms with Crippen molar-refractivity contribution in [2.45, 2.75) is 12.8 Å². The first kappa shape index (κ1) is 14.3. The van der Waals surface area contributed by atoms with E-state index >= 15 is 0 Å². The molecular formula is C14H19BrN2O2. The summed E-state index contributed by atoms with van der Waals surface area (Å²) in [5, 5.41) is 0. The van der Waals surface area contributed by atoms with E-state index in [1.165, 1.54) is 0 Å². The number of halogens is 1. The lowest BCUT2D eigenvalue weighted by molar-refractivity contribution is 0.0571. The maximum atomic E-state index is 12.5. The van der Waals surface area contributed by atoms with Crippen LogP contribution in [0.5, 0.6) is 0 Å². The van der Waals surface area contributed by atoms with E-state index in [2.05, 4.69) is 15.9 Å². The topological polar surface area (TPSA) is 55.6 Å². The molecule has 1 atom stereocenters.